The Kier molecular flexibility index (Phi) is 9.30. The monoisotopic (exact) mass is 772 g/mol. The molecule has 2 aliphatic carbocycles. The van der Waals surface area contributed by atoms with Gasteiger partial charge < -0.3 is 10.0 Å². The molecule has 3 unspecified atom stereocenters. The molecule has 13 heteroatoms. The molecule has 2 fully saturated rings. The summed E-state index contributed by atoms with van der Waals surface area (Å²) in [5.74, 6) is -0.974. The van der Waals surface area contributed by atoms with Gasteiger partial charge in [-0.1, -0.05) is 51.2 Å². The second kappa shape index (κ2) is 13.8. The molecule has 3 aliphatic rings. The predicted octanol–water partition coefficient (Wildman–Crippen LogP) is 8.15. The number of carboxylic acids is 1. The fraction of sp³-hybridized carbons (Fsp3) is 0.442. The summed E-state index contributed by atoms with van der Waals surface area (Å²) >= 11 is 1.40. The van der Waals surface area contributed by atoms with Gasteiger partial charge in [0.05, 0.1) is 33.6 Å². The molecule has 8 rings (SSSR count). The van der Waals surface area contributed by atoms with Gasteiger partial charge in [0.2, 0.25) is 0 Å². The van der Waals surface area contributed by atoms with E-state index in [1.807, 2.05) is 60.0 Å². The van der Waals surface area contributed by atoms with Gasteiger partial charge in [0.25, 0.3) is 5.91 Å². The molecular formula is C43H48N8O4S. The van der Waals surface area contributed by atoms with Crippen LogP contribution in [0.25, 0.3) is 21.3 Å². The van der Waals surface area contributed by atoms with Crippen molar-refractivity contribution in [1.29, 1.82) is 5.26 Å². The summed E-state index contributed by atoms with van der Waals surface area (Å²) in [6.45, 7) is 12.9. The Hall–Kier alpha value is -5.16. The fourth-order valence-electron chi connectivity index (χ4n) is 11.1. The fourth-order valence-corrected chi connectivity index (χ4v) is 11.9. The van der Waals surface area contributed by atoms with Crippen LogP contribution in [-0.4, -0.2) is 55.9 Å². The van der Waals surface area contributed by atoms with E-state index in [1.54, 1.807) is 18.3 Å². The molecule has 0 radical (unpaired) electrons. The first-order chi connectivity index (χ1) is 26.6. The Bertz CT molecular complexity index is 2390. The minimum absolute atomic E-state index is 0.0648. The smallest absolute Gasteiger partial charge is 0.355 e. The summed E-state index contributed by atoms with van der Waals surface area (Å²) in [6.07, 6.45) is 7.32. The number of carbonyl (C=O) groups excluding carboxylic acids is 1. The van der Waals surface area contributed by atoms with E-state index < -0.39 is 5.97 Å². The molecule has 290 valence electrons. The highest BCUT2D eigenvalue weighted by Gasteiger charge is 2.58. The van der Waals surface area contributed by atoms with E-state index in [0.717, 1.165) is 59.1 Å². The van der Waals surface area contributed by atoms with Crippen LogP contribution in [-0.2, 0) is 24.3 Å². The first-order valence-corrected chi connectivity index (χ1v) is 20.0. The molecule has 2 bridgehead atoms. The van der Waals surface area contributed by atoms with E-state index >= 15 is 0 Å². The minimum atomic E-state index is -1.14. The van der Waals surface area contributed by atoms with Gasteiger partial charge in [-0.25, -0.2) is 20.2 Å². The van der Waals surface area contributed by atoms with Crippen LogP contribution in [0.15, 0.2) is 54.7 Å². The zero-order valence-electron chi connectivity index (χ0n) is 32.8. The number of nitrogens with zero attached hydrogens (tertiary/aromatic N) is 6. The molecule has 2 aromatic carbocycles. The van der Waals surface area contributed by atoms with E-state index in [0.29, 0.717) is 52.7 Å². The maximum atomic E-state index is 13.7. The molecule has 3 N–H and O–H groups in total. The van der Waals surface area contributed by atoms with Crippen LogP contribution < -0.4 is 15.7 Å². The predicted molar refractivity (Wildman–Crippen MR) is 217 cm³/mol. The van der Waals surface area contributed by atoms with Crippen LogP contribution in [0, 0.1) is 34.5 Å². The van der Waals surface area contributed by atoms with Crippen molar-refractivity contribution in [3.63, 3.8) is 0 Å². The van der Waals surface area contributed by atoms with Gasteiger partial charge in [0.1, 0.15) is 5.82 Å². The number of carbonyl (C=O) groups is 2. The van der Waals surface area contributed by atoms with Crippen LogP contribution in [0.1, 0.15) is 103 Å². The van der Waals surface area contributed by atoms with Crippen molar-refractivity contribution in [3.8, 4) is 17.2 Å². The first-order valence-electron chi connectivity index (χ1n) is 19.2. The topological polar surface area (TPSA) is 158 Å². The van der Waals surface area contributed by atoms with E-state index in [2.05, 4.69) is 49.5 Å². The number of pyridine rings is 1. The number of aromatic nitrogens is 4. The highest BCUT2D eigenvalue weighted by molar-refractivity contribution is 7.22. The molecule has 2 saturated carbocycles. The highest BCUT2D eigenvalue weighted by Crippen LogP contribution is 2.63. The molecule has 5 aromatic rings. The zero-order chi connectivity index (χ0) is 39.6. The Morgan fingerprint density at radius 3 is 2.54 bits per heavy atom. The average Bonchev–Trinajstić information content (AvgIpc) is 3.70. The second-order valence-corrected chi connectivity index (χ2v) is 18.7. The van der Waals surface area contributed by atoms with Crippen molar-refractivity contribution in [1.82, 2.24) is 25.2 Å². The minimum Gasteiger partial charge on any atom is -0.476 e. The third kappa shape index (κ3) is 6.95. The number of aromatic carboxylic acids is 1. The van der Waals surface area contributed by atoms with Crippen LogP contribution in [0.3, 0.4) is 0 Å². The Balaban J connectivity index is 1.06. The number of hydrogen-bond acceptors (Lipinski definition) is 10. The number of amides is 1. The van der Waals surface area contributed by atoms with Crippen LogP contribution in [0.4, 0.5) is 10.9 Å². The van der Waals surface area contributed by atoms with Gasteiger partial charge in [-0.15, -0.1) is 0 Å². The van der Waals surface area contributed by atoms with Gasteiger partial charge in [-0.05, 0) is 109 Å². The molecule has 12 nitrogen and oxygen atoms in total. The maximum Gasteiger partial charge on any atom is 0.355 e. The number of anilines is 2. The summed E-state index contributed by atoms with van der Waals surface area (Å²) < 4.78 is 2.99. The number of hydroxylamine groups is 1. The standard InChI is InChI=1S/C43H48N8O4S/c1-26-31(18-46-51(26)25-42(5)22-41(4)20-40(2,3)21-43(23-41,24-42)55-45-6)29-13-14-35(48-36(29)38(53)54)50-16-15-28-27(17-44)11-12-30(32(28)19-50)37(52)49-39-47-33-9-7-8-10-34(33)56-39/h7-14,18,45H,15-16,19-25H2,1-6H3,(H,53,54)(H,47,49,52). The van der Waals surface area contributed by atoms with Crippen molar-refractivity contribution in [2.75, 3.05) is 23.8 Å². The Morgan fingerprint density at radius 1 is 0.982 bits per heavy atom. The number of nitrogens with one attached hydrogen (secondary N) is 2. The molecule has 0 saturated heterocycles. The van der Waals surface area contributed by atoms with Crippen molar-refractivity contribution in [3.05, 3.63) is 88.4 Å². The van der Waals surface area contributed by atoms with Crippen LogP contribution >= 0.6 is 11.3 Å². The number of fused-ring (bicyclic) bond motifs is 4. The Morgan fingerprint density at radius 2 is 1.79 bits per heavy atom. The van der Waals surface area contributed by atoms with Gasteiger partial charge in [0, 0.05) is 49.1 Å². The number of thiazole rings is 1. The lowest BCUT2D eigenvalue weighted by atomic mass is 9.48. The molecule has 3 atom stereocenters. The van der Waals surface area contributed by atoms with Crippen molar-refractivity contribution >= 4 is 44.4 Å². The highest BCUT2D eigenvalue weighted by atomic mass is 32.1. The third-order valence-corrected chi connectivity index (χ3v) is 13.0. The number of para-hydroxylation sites is 1. The largest absolute Gasteiger partial charge is 0.476 e. The normalized spacial score (nSPS) is 24.1. The van der Waals surface area contributed by atoms with E-state index in [-0.39, 0.29) is 40.0 Å². The molecule has 1 aliphatic heterocycles. The summed E-state index contributed by atoms with van der Waals surface area (Å²) in [7, 11) is 1.85. The number of hydrogen-bond donors (Lipinski definition) is 3. The number of carboxylic acid groups (broad SMARTS) is 1. The third-order valence-electron chi connectivity index (χ3n) is 12.0. The van der Waals surface area contributed by atoms with Gasteiger partial charge in [0.15, 0.2) is 10.8 Å². The SMILES string of the molecule is CNOC12CC(C)(C)CC(C)(CC(C)(Cn3ncc(-c4ccc(N5CCc6c(C#N)ccc(C(=O)Nc7nc8ccccc8s7)c6C5)nc4C(=O)O)c3C)C1)C2. The summed E-state index contributed by atoms with van der Waals surface area (Å²) in [4.78, 5) is 44.2. The number of rotatable bonds is 9. The van der Waals surface area contributed by atoms with Crippen molar-refractivity contribution in [2.45, 2.75) is 91.8 Å². The maximum absolute atomic E-state index is 13.7. The number of benzene rings is 2. The zero-order valence-corrected chi connectivity index (χ0v) is 33.6. The number of nitriles is 1. The lowest BCUT2D eigenvalue weighted by Gasteiger charge is -2.60. The molecule has 56 heavy (non-hydrogen) atoms. The van der Waals surface area contributed by atoms with Crippen molar-refractivity contribution < 1.29 is 19.5 Å². The first kappa shape index (κ1) is 37.7. The Labute approximate surface area is 330 Å². The second-order valence-electron chi connectivity index (χ2n) is 17.7. The van der Waals surface area contributed by atoms with Crippen LogP contribution in [0.5, 0.6) is 0 Å². The van der Waals surface area contributed by atoms with E-state index in [1.165, 1.54) is 11.3 Å². The van der Waals surface area contributed by atoms with Gasteiger partial charge in [-0.2, -0.15) is 10.4 Å². The lowest BCUT2D eigenvalue weighted by Crippen LogP contribution is -2.58. The summed E-state index contributed by atoms with van der Waals surface area (Å²) in [5, 5.41) is 28.7. The molecule has 4 heterocycles. The molecule has 1 amide bonds. The lowest BCUT2D eigenvalue weighted by molar-refractivity contribution is -0.217. The molecule has 0 spiro atoms. The summed E-state index contributed by atoms with van der Waals surface area (Å²) in [6, 6.07) is 17.0. The average molecular weight is 773 g/mol. The van der Waals surface area contributed by atoms with Crippen LogP contribution in [0.2, 0.25) is 0 Å². The molecule has 3 aromatic heterocycles. The molecular weight excluding hydrogens is 725 g/mol. The quantitative estimate of drug-likeness (QED) is 0.125. The van der Waals surface area contributed by atoms with E-state index in [4.69, 9.17) is 14.9 Å². The van der Waals surface area contributed by atoms with E-state index in [9.17, 15) is 20.0 Å². The summed E-state index contributed by atoms with van der Waals surface area (Å²) in [5.41, 5.74) is 8.31. The van der Waals surface area contributed by atoms with Crippen molar-refractivity contribution in [2.24, 2.45) is 16.2 Å². The van der Waals surface area contributed by atoms with Gasteiger partial charge >= 0.3 is 5.97 Å². The van der Waals surface area contributed by atoms with Gasteiger partial charge in [-0.3, -0.25) is 19.6 Å².